The van der Waals surface area contributed by atoms with Crippen molar-refractivity contribution in [1.29, 1.82) is 0 Å². The van der Waals surface area contributed by atoms with Gasteiger partial charge in [0.25, 0.3) is 5.78 Å². The number of nitrogens with zero attached hydrogens (tertiary/aromatic N) is 4. The summed E-state index contributed by atoms with van der Waals surface area (Å²) < 4.78 is 6.55. The standard InChI is InChI=1S/C18H25N5O3/c1-11-9-12(2)23-18(19-11)21-15(22-23)10-16(24)20-14-8-6-4-5-7-13(14)17(25)26-3/h9,13-14H,4-8,10H2,1-3H3,(H,20,24)/t13-,14-/m1/s1. The molecule has 0 spiro atoms. The molecule has 0 unspecified atom stereocenters. The summed E-state index contributed by atoms with van der Waals surface area (Å²) in [5.41, 5.74) is 1.78. The van der Waals surface area contributed by atoms with Crippen molar-refractivity contribution >= 4 is 17.7 Å². The third-order valence-corrected chi connectivity index (χ3v) is 4.85. The predicted octanol–water partition coefficient (Wildman–Crippen LogP) is 1.52. The Morgan fingerprint density at radius 1 is 1.23 bits per heavy atom. The molecule has 0 aliphatic heterocycles. The summed E-state index contributed by atoms with van der Waals surface area (Å²) in [4.78, 5) is 33.2. The topological polar surface area (TPSA) is 98.5 Å². The monoisotopic (exact) mass is 359 g/mol. The Bertz CT molecular complexity index is 817. The molecule has 2 heterocycles. The molecule has 2 aromatic rings. The Morgan fingerprint density at radius 2 is 2.00 bits per heavy atom. The summed E-state index contributed by atoms with van der Waals surface area (Å²) in [5, 5.41) is 7.36. The minimum atomic E-state index is -0.285. The largest absolute Gasteiger partial charge is 0.469 e. The van der Waals surface area contributed by atoms with Crippen LogP contribution in [-0.4, -0.2) is 44.6 Å². The Balaban J connectivity index is 1.71. The number of methoxy groups -OCH3 is 1. The first-order chi connectivity index (χ1) is 12.5. The molecule has 2 atom stereocenters. The van der Waals surface area contributed by atoms with E-state index >= 15 is 0 Å². The summed E-state index contributed by atoms with van der Waals surface area (Å²) >= 11 is 0. The summed E-state index contributed by atoms with van der Waals surface area (Å²) in [6.45, 7) is 3.82. The number of carbonyl (C=O) groups is 2. The number of esters is 1. The van der Waals surface area contributed by atoms with Crippen LogP contribution in [0.3, 0.4) is 0 Å². The van der Waals surface area contributed by atoms with E-state index in [0.29, 0.717) is 11.6 Å². The van der Waals surface area contributed by atoms with E-state index in [2.05, 4.69) is 20.4 Å². The van der Waals surface area contributed by atoms with Gasteiger partial charge in [-0.1, -0.05) is 19.3 Å². The fourth-order valence-electron chi connectivity index (χ4n) is 3.60. The summed E-state index contributed by atoms with van der Waals surface area (Å²) in [6, 6.07) is 1.72. The van der Waals surface area contributed by atoms with E-state index in [1.165, 1.54) is 7.11 Å². The van der Waals surface area contributed by atoms with Crippen molar-refractivity contribution in [2.45, 2.75) is 58.4 Å². The van der Waals surface area contributed by atoms with Crippen molar-refractivity contribution in [2.75, 3.05) is 7.11 Å². The summed E-state index contributed by atoms with van der Waals surface area (Å²) in [7, 11) is 1.39. The van der Waals surface area contributed by atoms with Gasteiger partial charge in [0.05, 0.1) is 19.4 Å². The van der Waals surface area contributed by atoms with Gasteiger partial charge in [-0.15, -0.1) is 5.10 Å². The van der Waals surface area contributed by atoms with Crippen molar-refractivity contribution in [2.24, 2.45) is 5.92 Å². The first-order valence-corrected chi connectivity index (χ1v) is 9.05. The highest BCUT2D eigenvalue weighted by molar-refractivity contribution is 5.80. The van der Waals surface area contributed by atoms with Gasteiger partial charge in [-0.25, -0.2) is 9.50 Å². The van der Waals surface area contributed by atoms with Crippen LogP contribution < -0.4 is 5.32 Å². The van der Waals surface area contributed by atoms with Gasteiger partial charge in [0.15, 0.2) is 5.82 Å². The highest BCUT2D eigenvalue weighted by Crippen LogP contribution is 2.24. The second-order valence-electron chi connectivity index (χ2n) is 6.90. The maximum absolute atomic E-state index is 12.5. The Hall–Kier alpha value is -2.51. The first-order valence-electron chi connectivity index (χ1n) is 9.05. The number of aromatic nitrogens is 4. The van der Waals surface area contributed by atoms with Gasteiger partial charge >= 0.3 is 5.97 Å². The van der Waals surface area contributed by atoms with E-state index in [1.54, 1.807) is 4.52 Å². The van der Waals surface area contributed by atoms with Crippen LogP contribution in [0.2, 0.25) is 0 Å². The Labute approximate surface area is 152 Å². The highest BCUT2D eigenvalue weighted by atomic mass is 16.5. The molecule has 1 fully saturated rings. The third-order valence-electron chi connectivity index (χ3n) is 4.85. The zero-order valence-corrected chi connectivity index (χ0v) is 15.5. The normalized spacial score (nSPS) is 20.6. The van der Waals surface area contributed by atoms with E-state index in [9.17, 15) is 9.59 Å². The first kappa shape index (κ1) is 18.3. The number of nitrogens with one attached hydrogen (secondary N) is 1. The summed E-state index contributed by atoms with van der Waals surface area (Å²) in [6.07, 6.45) is 4.62. The molecule has 0 radical (unpaired) electrons. The fraction of sp³-hybridized carbons (Fsp3) is 0.611. The van der Waals surface area contributed by atoms with Crippen molar-refractivity contribution in [1.82, 2.24) is 24.9 Å². The van der Waals surface area contributed by atoms with Gasteiger partial charge in [-0.2, -0.15) is 4.98 Å². The third kappa shape index (κ3) is 4.00. The van der Waals surface area contributed by atoms with Crippen LogP contribution in [-0.2, 0) is 20.7 Å². The Morgan fingerprint density at radius 3 is 2.77 bits per heavy atom. The molecule has 3 rings (SSSR count). The molecule has 2 aromatic heterocycles. The van der Waals surface area contributed by atoms with Crippen molar-refractivity contribution in [3.8, 4) is 0 Å². The molecule has 140 valence electrons. The van der Waals surface area contributed by atoms with E-state index in [1.807, 2.05) is 19.9 Å². The number of amides is 1. The highest BCUT2D eigenvalue weighted by Gasteiger charge is 2.31. The molecule has 1 amide bonds. The van der Waals surface area contributed by atoms with E-state index in [0.717, 1.165) is 43.5 Å². The maximum Gasteiger partial charge on any atom is 0.310 e. The smallest absolute Gasteiger partial charge is 0.310 e. The minimum Gasteiger partial charge on any atom is -0.469 e. The van der Waals surface area contributed by atoms with Crippen LogP contribution in [0.25, 0.3) is 5.78 Å². The van der Waals surface area contributed by atoms with Crippen LogP contribution in [0.5, 0.6) is 0 Å². The molecule has 0 aromatic carbocycles. The number of fused-ring (bicyclic) bond motifs is 1. The SMILES string of the molecule is COC(=O)[C@@H]1CCCCC[C@H]1NC(=O)Cc1nc2nc(C)cc(C)n2n1. The molecule has 8 nitrogen and oxygen atoms in total. The van der Waals surface area contributed by atoms with Gasteiger partial charge in [-0.05, 0) is 32.8 Å². The van der Waals surface area contributed by atoms with Gasteiger partial charge in [0.1, 0.15) is 0 Å². The molecule has 0 bridgehead atoms. The maximum atomic E-state index is 12.5. The molecule has 1 saturated carbocycles. The van der Waals surface area contributed by atoms with Crippen LogP contribution in [0.1, 0.15) is 49.3 Å². The molecular formula is C18H25N5O3. The van der Waals surface area contributed by atoms with Crippen LogP contribution in [0.15, 0.2) is 6.07 Å². The predicted molar refractivity (Wildman–Crippen MR) is 94.5 cm³/mol. The number of aryl methyl sites for hydroxylation is 2. The van der Waals surface area contributed by atoms with Gasteiger partial charge in [0.2, 0.25) is 5.91 Å². The van der Waals surface area contributed by atoms with Crippen molar-refractivity contribution in [3.63, 3.8) is 0 Å². The van der Waals surface area contributed by atoms with Crippen LogP contribution in [0.4, 0.5) is 0 Å². The zero-order chi connectivity index (χ0) is 18.7. The Kier molecular flexibility index (Phi) is 5.49. The average molecular weight is 359 g/mol. The van der Waals surface area contributed by atoms with E-state index < -0.39 is 0 Å². The van der Waals surface area contributed by atoms with E-state index in [-0.39, 0.29) is 30.3 Å². The van der Waals surface area contributed by atoms with Crippen LogP contribution >= 0.6 is 0 Å². The second kappa shape index (κ2) is 7.80. The molecular weight excluding hydrogens is 334 g/mol. The molecule has 8 heteroatoms. The fourth-order valence-corrected chi connectivity index (χ4v) is 3.60. The number of ether oxygens (including phenoxy) is 1. The molecule has 1 N–H and O–H groups in total. The average Bonchev–Trinajstić information content (AvgIpc) is 2.84. The minimum absolute atomic E-state index is 0.0617. The number of rotatable bonds is 4. The lowest BCUT2D eigenvalue weighted by atomic mass is 9.94. The van der Waals surface area contributed by atoms with Gasteiger partial charge in [0, 0.05) is 17.4 Å². The number of carbonyl (C=O) groups excluding carboxylic acids is 2. The molecule has 0 saturated heterocycles. The second-order valence-corrected chi connectivity index (χ2v) is 6.90. The van der Waals surface area contributed by atoms with E-state index in [4.69, 9.17) is 4.74 Å². The lowest BCUT2D eigenvalue weighted by Crippen LogP contribution is -2.43. The van der Waals surface area contributed by atoms with Crippen molar-refractivity contribution in [3.05, 3.63) is 23.3 Å². The molecule has 1 aliphatic rings. The molecule has 26 heavy (non-hydrogen) atoms. The quantitative estimate of drug-likeness (QED) is 0.656. The molecule has 1 aliphatic carbocycles. The number of hydrogen-bond donors (Lipinski definition) is 1. The van der Waals surface area contributed by atoms with Gasteiger partial charge < -0.3 is 10.1 Å². The number of hydrogen-bond acceptors (Lipinski definition) is 6. The van der Waals surface area contributed by atoms with Gasteiger partial charge in [-0.3, -0.25) is 9.59 Å². The lowest BCUT2D eigenvalue weighted by Gasteiger charge is -2.23. The lowest BCUT2D eigenvalue weighted by molar-refractivity contribution is -0.147. The van der Waals surface area contributed by atoms with Crippen LogP contribution in [0, 0.1) is 19.8 Å². The zero-order valence-electron chi connectivity index (χ0n) is 15.5. The van der Waals surface area contributed by atoms with Crippen molar-refractivity contribution < 1.29 is 14.3 Å². The summed E-state index contributed by atoms with van der Waals surface area (Å²) in [5.74, 6) is 0.195.